The van der Waals surface area contributed by atoms with Gasteiger partial charge in [-0.15, -0.1) is 0 Å². The van der Waals surface area contributed by atoms with Gasteiger partial charge in [0, 0.05) is 11.8 Å². The van der Waals surface area contributed by atoms with Crippen LogP contribution in [0.4, 0.5) is 16.2 Å². The molecule has 0 aliphatic carbocycles. The molecule has 1 heterocycles. The Balaban J connectivity index is 1.61. The fraction of sp³-hybridized carbons (Fsp3) is 0.0870. The Morgan fingerprint density at radius 2 is 1.65 bits per heavy atom. The lowest BCUT2D eigenvalue weighted by atomic mass is 10.1. The maximum atomic E-state index is 12.6. The number of carbonyl (C=O) groups is 1. The molecular formula is C23H19N3O5. The summed E-state index contributed by atoms with van der Waals surface area (Å²) in [5.74, 6) is 1.16. The van der Waals surface area contributed by atoms with Gasteiger partial charge in [0.1, 0.15) is 0 Å². The van der Waals surface area contributed by atoms with Crippen molar-refractivity contribution in [3.05, 3.63) is 77.2 Å². The molecule has 4 rings (SSSR count). The van der Waals surface area contributed by atoms with Crippen LogP contribution in [-0.4, -0.2) is 25.2 Å². The van der Waals surface area contributed by atoms with E-state index < -0.39 is 11.7 Å². The highest BCUT2D eigenvalue weighted by Gasteiger charge is 2.14. The van der Waals surface area contributed by atoms with Crippen LogP contribution in [0.5, 0.6) is 11.5 Å². The number of anilines is 2. The van der Waals surface area contributed by atoms with Gasteiger partial charge >= 0.3 is 11.7 Å². The minimum absolute atomic E-state index is 0.116. The summed E-state index contributed by atoms with van der Waals surface area (Å²) in [6, 6.07) is 18.4. The van der Waals surface area contributed by atoms with E-state index in [1.54, 1.807) is 66.7 Å². The molecule has 0 spiro atoms. The summed E-state index contributed by atoms with van der Waals surface area (Å²) in [7, 11) is 3.05. The minimum Gasteiger partial charge on any atom is -0.493 e. The molecule has 4 aromatic rings. The Morgan fingerprint density at radius 3 is 2.45 bits per heavy atom. The quantitative estimate of drug-likeness (QED) is 0.495. The van der Waals surface area contributed by atoms with Gasteiger partial charge in [0.15, 0.2) is 11.5 Å². The number of methoxy groups -OCH3 is 2. The number of hydrogen-bond acceptors (Lipinski definition) is 6. The molecule has 2 amide bonds. The van der Waals surface area contributed by atoms with Gasteiger partial charge in [0.05, 0.1) is 36.4 Å². The van der Waals surface area contributed by atoms with Crippen molar-refractivity contribution >= 4 is 28.3 Å². The highest BCUT2D eigenvalue weighted by molar-refractivity contribution is 6.02. The van der Waals surface area contributed by atoms with E-state index in [0.717, 1.165) is 0 Å². The summed E-state index contributed by atoms with van der Waals surface area (Å²) in [5.41, 5.74) is 1.45. The van der Waals surface area contributed by atoms with Crippen LogP contribution < -0.4 is 25.7 Å². The molecule has 2 N–H and O–H groups in total. The summed E-state index contributed by atoms with van der Waals surface area (Å²) in [6.45, 7) is 0. The van der Waals surface area contributed by atoms with Crippen LogP contribution in [-0.2, 0) is 0 Å². The molecule has 0 aliphatic rings. The smallest absolute Gasteiger partial charge is 0.347 e. The summed E-state index contributed by atoms with van der Waals surface area (Å²) < 4.78 is 15.9. The first kappa shape index (κ1) is 20.0. The normalized spacial score (nSPS) is 10.5. The van der Waals surface area contributed by atoms with Crippen molar-refractivity contribution < 1.29 is 18.7 Å². The van der Waals surface area contributed by atoms with E-state index in [0.29, 0.717) is 39.3 Å². The zero-order valence-corrected chi connectivity index (χ0v) is 16.8. The zero-order chi connectivity index (χ0) is 21.8. The van der Waals surface area contributed by atoms with Crippen LogP contribution in [0.2, 0.25) is 0 Å². The number of ether oxygens (including phenoxy) is 2. The fourth-order valence-corrected chi connectivity index (χ4v) is 3.11. The number of carbonyl (C=O) groups excluding carboxylic acids is 1. The first-order chi connectivity index (χ1) is 15.1. The Bertz CT molecular complexity index is 1320. The Morgan fingerprint density at radius 1 is 0.903 bits per heavy atom. The van der Waals surface area contributed by atoms with E-state index in [1.807, 2.05) is 0 Å². The maximum absolute atomic E-state index is 12.6. The van der Waals surface area contributed by atoms with Gasteiger partial charge in [-0.25, -0.2) is 14.6 Å². The van der Waals surface area contributed by atoms with Gasteiger partial charge in [0.25, 0.3) is 0 Å². The second kappa shape index (κ2) is 8.58. The first-order valence-corrected chi connectivity index (χ1v) is 9.38. The van der Waals surface area contributed by atoms with Gasteiger partial charge in [-0.3, -0.25) is 0 Å². The average Bonchev–Trinajstić information content (AvgIpc) is 2.79. The number of para-hydroxylation sites is 2. The zero-order valence-electron chi connectivity index (χ0n) is 16.8. The molecule has 3 aromatic carbocycles. The number of nitrogens with zero attached hydrogens (tertiary/aromatic N) is 1. The summed E-state index contributed by atoms with van der Waals surface area (Å²) >= 11 is 0. The van der Waals surface area contributed by atoms with Crippen LogP contribution >= 0.6 is 0 Å². The molecule has 0 saturated heterocycles. The Kier molecular flexibility index (Phi) is 5.53. The van der Waals surface area contributed by atoms with Gasteiger partial charge in [-0.1, -0.05) is 24.3 Å². The summed E-state index contributed by atoms with van der Waals surface area (Å²) in [4.78, 5) is 29.4. The topological polar surface area (TPSA) is 103 Å². The van der Waals surface area contributed by atoms with E-state index in [2.05, 4.69) is 15.6 Å². The number of aromatic nitrogens is 1. The molecule has 0 radical (unpaired) electrons. The van der Waals surface area contributed by atoms with E-state index >= 15 is 0 Å². The van der Waals surface area contributed by atoms with E-state index in [1.165, 1.54) is 14.2 Å². The molecule has 0 saturated carbocycles. The SMILES string of the molecule is COc1ccc(NC(=O)Nc2ccccc2-c2nc3ccccc3c(=O)o2)cc1OC. The minimum atomic E-state index is -0.495. The number of hydrogen-bond donors (Lipinski definition) is 2. The largest absolute Gasteiger partial charge is 0.493 e. The predicted molar refractivity (Wildman–Crippen MR) is 118 cm³/mol. The Hall–Kier alpha value is -4.33. The third-order valence-corrected chi connectivity index (χ3v) is 4.58. The molecule has 0 fully saturated rings. The van der Waals surface area contributed by atoms with Gasteiger partial charge < -0.3 is 24.5 Å². The number of benzene rings is 3. The molecule has 1 aromatic heterocycles. The number of rotatable bonds is 5. The van der Waals surface area contributed by atoms with Crippen LogP contribution in [0.3, 0.4) is 0 Å². The second-order valence-electron chi connectivity index (χ2n) is 6.52. The standard InChI is InChI=1S/C23H19N3O5/c1-29-19-12-11-14(13-20(19)30-2)24-23(28)26-17-9-5-3-7-15(17)21-25-18-10-6-4-8-16(18)22(27)31-21/h3-13H,1-2H3,(H2,24,26,28). The van der Waals surface area contributed by atoms with E-state index in [9.17, 15) is 9.59 Å². The number of urea groups is 1. The highest BCUT2D eigenvalue weighted by Crippen LogP contribution is 2.30. The number of fused-ring (bicyclic) bond motifs is 1. The van der Waals surface area contributed by atoms with E-state index in [4.69, 9.17) is 13.9 Å². The fourth-order valence-electron chi connectivity index (χ4n) is 3.11. The monoisotopic (exact) mass is 417 g/mol. The van der Waals surface area contributed by atoms with Crippen molar-refractivity contribution in [1.29, 1.82) is 0 Å². The lowest BCUT2D eigenvalue weighted by Gasteiger charge is -2.13. The molecule has 0 unspecified atom stereocenters. The van der Waals surface area contributed by atoms with Crippen LogP contribution in [0, 0.1) is 0 Å². The molecule has 8 heteroatoms. The van der Waals surface area contributed by atoms with Crippen LogP contribution in [0.15, 0.2) is 75.9 Å². The molecule has 156 valence electrons. The van der Waals surface area contributed by atoms with Crippen molar-refractivity contribution in [2.24, 2.45) is 0 Å². The lowest BCUT2D eigenvalue weighted by molar-refractivity contribution is 0.262. The number of nitrogens with one attached hydrogen (secondary N) is 2. The maximum Gasteiger partial charge on any atom is 0.347 e. The van der Waals surface area contributed by atoms with Crippen molar-refractivity contribution in [3.63, 3.8) is 0 Å². The van der Waals surface area contributed by atoms with Crippen molar-refractivity contribution in [2.75, 3.05) is 24.9 Å². The average molecular weight is 417 g/mol. The highest BCUT2D eigenvalue weighted by atomic mass is 16.5. The van der Waals surface area contributed by atoms with Crippen molar-refractivity contribution in [3.8, 4) is 23.0 Å². The van der Waals surface area contributed by atoms with Gasteiger partial charge in [0.2, 0.25) is 5.89 Å². The van der Waals surface area contributed by atoms with Crippen molar-refractivity contribution in [2.45, 2.75) is 0 Å². The second-order valence-corrected chi connectivity index (χ2v) is 6.52. The lowest BCUT2D eigenvalue weighted by Crippen LogP contribution is -2.20. The van der Waals surface area contributed by atoms with Crippen molar-refractivity contribution in [1.82, 2.24) is 4.98 Å². The van der Waals surface area contributed by atoms with Gasteiger partial charge in [-0.05, 0) is 36.4 Å². The predicted octanol–water partition coefficient (Wildman–Crippen LogP) is 4.52. The van der Waals surface area contributed by atoms with Crippen LogP contribution in [0.25, 0.3) is 22.4 Å². The third-order valence-electron chi connectivity index (χ3n) is 4.58. The molecule has 0 atom stereocenters. The van der Waals surface area contributed by atoms with E-state index in [-0.39, 0.29) is 5.89 Å². The molecule has 8 nitrogen and oxygen atoms in total. The third kappa shape index (κ3) is 4.18. The first-order valence-electron chi connectivity index (χ1n) is 9.38. The number of amides is 2. The molecular weight excluding hydrogens is 398 g/mol. The molecule has 0 bridgehead atoms. The summed E-state index contributed by atoms with van der Waals surface area (Å²) in [6.07, 6.45) is 0. The molecule has 0 aliphatic heterocycles. The molecule has 31 heavy (non-hydrogen) atoms. The summed E-state index contributed by atoms with van der Waals surface area (Å²) in [5, 5.41) is 5.90. The van der Waals surface area contributed by atoms with Gasteiger partial charge in [-0.2, -0.15) is 0 Å². The van der Waals surface area contributed by atoms with Crippen LogP contribution in [0.1, 0.15) is 0 Å². The Labute approximate surface area is 177 Å².